The van der Waals surface area contributed by atoms with Crippen LogP contribution >= 0.6 is 0 Å². The molecule has 0 fully saturated rings. The van der Waals surface area contributed by atoms with Gasteiger partial charge in [-0.15, -0.1) is 0 Å². The molecule has 12 heavy (non-hydrogen) atoms. The van der Waals surface area contributed by atoms with Crippen molar-refractivity contribution in [3.05, 3.63) is 24.3 Å². The van der Waals surface area contributed by atoms with E-state index in [1.54, 1.807) is 23.9 Å². The maximum Gasteiger partial charge on any atom is 0.165 e. The van der Waals surface area contributed by atoms with Gasteiger partial charge in [0.15, 0.2) is 5.82 Å². The second-order valence-electron chi connectivity index (χ2n) is 2.68. The average Bonchev–Trinajstić information content (AvgIpc) is 2.42. The Kier molecular flexibility index (Phi) is 1.30. The monoisotopic (exact) mass is 165 g/mol. The minimum absolute atomic E-state index is 0.341. The summed E-state index contributed by atoms with van der Waals surface area (Å²) in [6, 6.07) is 1.75. The highest BCUT2D eigenvalue weighted by Gasteiger charge is 2.07. The fourth-order valence-electron chi connectivity index (χ4n) is 1.29. The number of fused-ring (bicyclic) bond motifs is 1. The molecular weight excluding hydrogens is 157 g/mol. The Hall–Kier alpha value is -1.58. The lowest BCUT2D eigenvalue weighted by molar-refractivity contribution is 0.626. The Morgan fingerprint density at radius 1 is 1.58 bits per heavy atom. The SMILES string of the molecule is Cn1ccc2c(N)ncc(F)c21. The lowest BCUT2D eigenvalue weighted by atomic mass is 10.3. The molecule has 0 radical (unpaired) electrons. The minimum atomic E-state index is -0.341. The van der Waals surface area contributed by atoms with E-state index in [2.05, 4.69) is 4.98 Å². The summed E-state index contributed by atoms with van der Waals surface area (Å²) in [5, 5.41) is 0.664. The normalized spacial score (nSPS) is 10.8. The van der Waals surface area contributed by atoms with E-state index in [0.29, 0.717) is 16.7 Å². The van der Waals surface area contributed by atoms with Crippen LogP contribution in [-0.4, -0.2) is 9.55 Å². The summed E-state index contributed by atoms with van der Waals surface area (Å²) in [5.41, 5.74) is 6.05. The van der Waals surface area contributed by atoms with Crippen LogP contribution in [0.2, 0.25) is 0 Å². The van der Waals surface area contributed by atoms with Crippen molar-refractivity contribution in [2.24, 2.45) is 7.05 Å². The highest BCUT2D eigenvalue weighted by atomic mass is 19.1. The van der Waals surface area contributed by atoms with E-state index in [1.165, 1.54) is 0 Å². The van der Waals surface area contributed by atoms with Crippen LogP contribution in [0.3, 0.4) is 0 Å². The van der Waals surface area contributed by atoms with Crippen LogP contribution in [0.1, 0.15) is 0 Å². The first-order valence-corrected chi connectivity index (χ1v) is 3.55. The standard InChI is InChI=1S/C8H8FN3/c1-12-3-2-5-7(12)6(9)4-11-8(5)10/h2-4H,1H3,(H2,10,11). The zero-order valence-electron chi connectivity index (χ0n) is 6.58. The van der Waals surface area contributed by atoms with Gasteiger partial charge >= 0.3 is 0 Å². The van der Waals surface area contributed by atoms with Gasteiger partial charge in [-0.3, -0.25) is 0 Å². The largest absolute Gasteiger partial charge is 0.383 e. The highest BCUT2D eigenvalue weighted by Crippen LogP contribution is 2.21. The van der Waals surface area contributed by atoms with Gasteiger partial charge in [-0.2, -0.15) is 0 Å². The molecular formula is C8H8FN3. The van der Waals surface area contributed by atoms with Gasteiger partial charge in [0.05, 0.1) is 11.7 Å². The lowest BCUT2D eigenvalue weighted by Crippen LogP contribution is -1.94. The van der Waals surface area contributed by atoms with Gasteiger partial charge in [0, 0.05) is 18.6 Å². The maximum absolute atomic E-state index is 13.1. The number of nitrogens with two attached hydrogens (primary N) is 1. The summed E-state index contributed by atoms with van der Waals surface area (Å²) in [6.07, 6.45) is 2.89. The molecule has 4 heteroatoms. The Labute approximate surface area is 68.6 Å². The molecule has 0 amide bonds. The summed E-state index contributed by atoms with van der Waals surface area (Å²) in [6.45, 7) is 0. The number of halogens is 1. The zero-order chi connectivity index (χ0) is 8.72. The topological polar surface area (TPSA) is 43.8 Å². The average molecular weight is 165 g/mol. The van der Waals surface area contributed by atoms with Crippen LogP contribution < -0.4 is 5.73 Å². The van der Waals surface area contributed by atoms with Gasteiger partial charge in [-0.05, 0) is 6.07 Å². The molecule has 62 valence electrons. The van der Waals surface area contributed by atoms with E-state index in [9.17, 15) is 4.39 Å². The van der Waals surface area contributed by atoms with Gasteiger partial charge in [0.1, 0.15) is 5.82 Å². The van der Waals surface area contributed by atoms with Gasteiger partial charge in [0.25, 0.3) is 0 Å². The van der Waals surface area contributed by atoms with Crippen LogP contribution in [0.4, 0.5) is 10.2 Å². The Balaban J connectivity index is 2.98. The zero-order valence-corrected chi connectivity index (χ0v) is 6.58. The van der Waals surface area contributed by atoms with E-state index < -0.39 is 0 Å². The predicted molar refractivity (Wildman–Crippen MR) is 45.1 cm³/mol. The quantitative estimate of drug-likeness (QED) is 0.639. The third-order valence-corrected chi connectivity index (χ3v) is 1.89. The van der Waals surface area contributed by atoms with Crippen molar-refractivity contribution in [2.45, 2.75) is 0 Å². The first-order valence-electron chi connectivity index (χ1n) is 3.55. The van der Waals surface area contributed by atoms with Crippen LogP contribution in [0, 0.1) is 5.82 Å². The number of pyridine rings is 1. The Morgan fingerprint density at radius 2 is 2.33 bits per heavy atom. The maximum atomic E-state index is 13.1. The number of hydrogen-bond donors (Lipinski definition) is 1. The first-order chi connectivity index (χ1) is 5.70. The molecule has 3 nitrogen and oxygen atoms in total. The third-order valence-electron chi connectivity index (χ3n) is 1.89. The molecule has 0 saturated heterocycles. The summed E-state index contributed by atoms with van der Waals surface area (Å²) >= 11 is 0. The molecule has 2 aromatic rings. The van der Waals surface area contributed by atoms with Gasteiger partial charge in [-0.1, -0.05) is 0 Å². The number of aryl methyl sites for hydroxylation is 1. The number of rotatable bonds is 0. The van der Waals surface area contributed by atoms with E-state index in [4.69, 9.17) is 5.73 Å². The number of nitrogen functional groups attached to an aromatic ring is 1. The fourth-order valence-corrected chi connectivity index (χ4v) is 1.29. The fraction of sp³-hybridized carbons (Fsp3) is 0.125. The van der Waals surface area contributed by atoms with Crippen molar-refractivity contribution in [2.75, 3.05) is 5.73 Å². The van der Waals surface area contributed by atoms with Crippen molar-refractivity contribution >= 4 is 16.7 Å². The van der Waals surface area contributed by atoms with Crippen molar-refractivity contribution in [3.63, 3.8) is 0 Å². The molecule has 0 spiro atoms. The number of anilines is 1. The van der Waals surface area contributed by atoms with Crippen molar-refractivity contribution in [1.82, 2.24) is 9.55 Å². The van der Waals surface area contributed by atoms with Gasteiger partial charge < -0.3 is 10.3 Å². The molecule has 0 saturated carbocycles. The number of aromatic nitrogens is 2. The van der Waals surface area contributed by atoms with Crippen LogP contribution in [-0.2, 0) is 7.05 Å². The summed E-state index contributed by atoms with van der Waals surface area (Å²) in [4.78, 5) is 3.71. The van der Waals surface area contributed by atoms with Gasteiger partial charge in [0.2, 0.25) is 0 Å². The third kappa shape index (κ3) is 0.777. The predicted octanol–water partition coefficient (Wildman–Crippen LogP) is 1.29. The highest BCUT2D eigenvalue weighted by molar-refractivity contribution is 5.89. The van der Waals surface area contributed by atoms with Crippen molar-refractivity contribution in [3.8, 4) is 0 Å². The molecule has 2 heterocycles. The molecule has 0 aliphatic carbocycles. The molecule has 2 N–H and O–H groups in total. The minimum Gasteiger partial charge on any atom is -0.383 e. The second-order valence-corrected chi connectivity index (χ2v) is 2.68. The van der Waals surface area contributed by atoms with Crippen LogP contribution in [0.15, 0.2) is 18.5 Å². The van der Waals surface area contributed by atoms with Crippen molar-refractivity contribution < 1.29 is 4.39 Å². The molecule has 2 rings (SSSR count). The summed E-state index contributed by atoms with van der Waals surface area (Å²) in [7, 11) is 1.77. The van der Waals surface area contributed by atoms with E-state index in [-0.39, 0.29) is 5.82 Å². The van der Waals surface area contributed by atoms with Crippen molar-refractivity contribution in [1.29, 1.82) is 0 Å². The smallest absolute Gasteiger partial charge is 0.165 e. The molecule has 0 atom stereocenters. The Morgan fingerprint density at radius 3 is 3.00 bits per heavy atom. The Bertz CT molecular complexity index is 433. The molecule has 0 aliphatic heterocycles. The lowest BCUT2D eigenvalue weighted by Gasteiger charge is -1.98. The first kappa shape index (κ1) is 7.09. The number of hydrogen-bond acceptors (Lipinski definition) is 2. The summed E-state index contributed by atoms with van der Waals surface area (Å²) < 4.78 is 14.8. The van der Waals surface area contributed by atoms with Crippen LogP contribution in [0.5, 0.6) is 0 Å². The second kappa shape index (κ2) is 2.20. The molecule has 2 aromatic heterocycles. The van der Waals surface area contributed by atoms with E-state index >= 15 is 0 Å². The van der Waals surface area contributed by atoms with E-state index in [0.717, 1.165) is 6.20 Å². The number of nitrogens with zero attached hydrogens (tertiary/aromatic N) is 2. The van der Waals surface area contributed by atoms with Crippen LogP contribution in [0.25, 0.3) is 10.9 Å². The molecule has 0 aromatic carbocycles. The van der Waals surface area contributed by atoms with E-state index in [1.807, 2.05) is 0 Å². The van der Waals surface area contributed by atoms with Gasteiger partial charge in [-0.25, -0.2) is 9.37 Å². The molecule has 0 aliphatic rings. The molecule has 0 bridgehead atoms. The molecule has 0 unspecified atom stereocenters. The summed E-state index contributed by atoms with van der Waals surface area (Å²) in [5.74, 6) is 0.0266.